The second kappa shape index (κ2) is 11.3. The number of rotatable bonds is 7. The molecule has 0 amide bonds. The lowest BCUT2D eigenvalue weighted by atomic mass is 9.43. The van der Waals surface area contributed by atoms with Crippen molar-refractivity contribution in [3.8, 4) is 0 Å². The number of carboxylic acids is 2. The molecule has 1 saturated heterocycles. The van der Waals surface area contributed by atoms with Gasteiger partial charge in [-0.1, -0.05) is 20.8 Å². The number of ether oxygens (including phenoxy) is 2. The zero-order valence-corrected chi connectivity index (χ0v) is 24.2. The maximum Gasteiger partial charge on any atom is 0.335 e. The maximum atomic E-state index is 12.1. The summed E-state index contributed by atoms with van der Waals surface area (Å²) in [5.74, 6) is -1.83. The van der Waals surface area contributed by atoms with Crippen LogP contribution in [0.3, 0.4) is 0 Å². The van der Waals surface area contributed by atoms with Gasteiger partial charge in [-0.15, -0.1) is 0 Å². The topological polar surface area (TPSA) is 194 Å². The SMILES string of the molecule is C[C@H](CCC(=O)O)[C@H]1CC[C@H]2[C@@H]3[C@@H](O)[C@@H](O[C@@H]4O[C@H](C(=O)O)[C@@H](O)[C@H](O)[C@H]4O)[C@@H]4C[C@H](O)CC[C@]4(C)[C@H]3CC[C@]12C. The maximum absolute atomic E-state index is 12.1. The Morgan fingerprint density at radius 1 is 0.854 bits per heavy atom. The van der Waals surface area contributed by atoms with Crippen LogP contribution in [0, 0.1) is 46.3 Å². The van der Waals surface area contributed by atoms with Crippen LogP contribution >= 0.6 is 0 Å². The third-order valence-electron chi connectivity index (χ3n) is 12.4. The highest BCUT2D eigenvalue weighted by Gasteiger charge is 2.66. The molecule has 7 N–H and O–H groups in total. The Morgan fingerprint density at radius 2 is 1.51 bits per heavy atom. The van der Waals surface area contributed by atoms with E-state index in [-0.39, 0.29) is 46.8 Å². The molecule has 1 aliphatic heterocycles. The van der Waals surface area contributed by atoms with Gasteiger partial charge in [0.25, 0.3) is 0 Å². The molecule has 5 fully saturated rings. The van der Waals surface area contributed by atoms with E-state index in [1.165, 1.54) is 0 Å². The summed E-state index contributed by atoms with van der Waals surface area (Å²) in [6.07, 6.45) is -5.00. The molecule has 234 valence electrons. The molecule has 5 rings (SSSR count). The van der Waals surface area contributed by atoms with Gasteiger partial charge in [-0.3, -0.25) is 4.79 Å². The molecule has 5 aliphatic rings. The number of fused-ring (bicyclic) bond motifs is 5. The average Bonchev–Trinajstić information content (AvgIpc) is 3.27. The number of aliphatic hydroxyl groups excluding tert-OH is 5. The molecule has 0 aromatic heterocycles. The summed E-state index contributed by atoms with van der Waals surface area (Å²) in [5.41, 5.74) is -0.371. The summed E-state index contributed by atoms with van der Waals surface area (Å²) in [6, 6.07) is 0. The summed E-state index contributed by atoms with van der Waals surface area (Å²) in [6.45, 7) is 6.62. The summed E-state index contributed by atoms with van der Waals surface area (Å²) in [5, 5.41) is 72.9. The first kappa shape index (κ1) is 31.1. The standard InChI is InChI=1S/C30H48O11/c1-13(4-7-19(32)33)15-5-6-16-20-17(9-11-29(15,16)2)30(3)10-8-14(31)12-18(30)25(21(20)34)40-28-24(37)22(35)23(36)26(41-28)27(38)39/h13-18,20-26,28,31,34-37H,4-12H2,1-3H3,(H,32,33)(H,38,39)/t13-,14-,15-,16+,17+,18+,20+,21-,22+,23+,24-,25+,26+,28-,29-,30-/m1/s1. The summed E-state index contributed by atoms with van der Waals surface area (Å²) in [7, 11) is 0. The predicted molar refractivity (Wildman–Crippen MR) is 143 cm³/mol. The molecule has 0 bridgehead atoms. The number of aliphatic carboxylic acids is 2. The van der Waals surface area contributed by atoms with Gasteiger partial charge >= 0.3 is 11.9 Å². The molecule has 41 heavy (non-hydrogen) atoms. The molecule has 0 radical (unpaired) electrons. The van der Waals surface area contributed by atoms with Crippen molar-refractivity contribution in [2.24, 2.45) is 46.3 Å². The minimum absolute atomic E-state index is 0.0858. The highest BCUT2D eigenvalue weighted by Crippen LogP contribution is 2.68. The molecule has 11 heteroatoms. The van der Waals surface area contributed by atoms with Gasteiger partial charge in [-0.05, 0) is 97.7 Å². The third kappa shape index (κ3) is 5.13. The summed E-state index contributed by atoms with van der Waals surface area (Å²) < 4.78 is 11.7. The predicted octanol–water partition coefficient (Wildman–Crippen LogP) is 1.37. The van der Waals surface area contributed by atoms with Crippen LogP contribution in [0.15, 0.2) is 0 Å². The van der Waals surface area contributed by atoms with Gasteiger partial charge < -0.3 is 45.2 Å². The molecule has 1 heterocycles. The third-order valence-corrected chi connectivity index (χ3v) is 12.4. The first-order chi connectivity index (χ1) is 19.2. The molecule has 4 saturated carbocycles. The van der Waals surface area contributed by atoms with E-state index in [0.717, 1.165) is 32.1 Å². The van der Waals surface area contributed by atoms with E-state index in [9.17, 15) is 45.3 Å². The molecule has 4 aliphatic carbocycles. The van der Waals surface area contributed by atoms with Crippen LogP contribution in [0.1, 0.15) is 78.6 Å². The van der Waals surface area contributed by atoms with Gasteiger partial charge in [0.1, 0.15) is 18.3 Å². The van der Waals surface area contributed by atoms with E-state index in [0.29, 0.717) is 25.2 Å². The zero-order chi connectivity index (χ0) is 30.0. The Balaban J connectivity index is 1.45. The van der Waals surface area contributed by atoms with E-state index >= 15 is 0 Å². The van der Waals surface area contributed by atoms with E-state index in [2.05, 4.69) is 20.8 Å². The van der Waals surface area contributed by atoms with Gasteiger partial charge in [0, 0.05) is 6.42 Å². The molecule has 0 spiro atoms. The van der Waals surface area contributed by atoms with Gasteiger partial charge in [-0.2, -0.15) is 0 Å². The van der Waals surface area contributed by atoms with Gasteiger partial charge in [0.2, 0.25) is 0 Å². The molecule has 0 aromatic rings. The highest BCUT2D eigenvalue weighted by atomic mass is 16.7. The van der Waals surface area contributed by atoms with Crippen molar-refractivity contribution in [1.29, 1.82) is 0 Å². The minimum Gasteiger partial charge on any atom is -0.481 e. The summed E-state index contributed by atoms with van der Waals surface area (Å²) >= 11 is 0. The van der Waals surface area contributed by atoms with Crippen LogP contribution in [-0.2, 0) is 19.1 Å². The average molecular weight is 585 g/mol. The fourth-order valence-electron chi connectivity index (χ4n) is 10.2. The van der Waals surface area contributed by atoms with Crippen molar-refractivity contribution in [2.75, 3.05) is 0 Å². The monoisotopic (exact) mass is 584 g/mol. The van der Waals surface area contributed by atoms with Gasteiger partial charge in [0.05, 0.1) is 18.3 Å². The quantitative estimate of drug-likeness (QED) is 0.214. The Hall–Kier alpha value is -1.34. The molecular weight excluding hydrogens is 536 g/mol. The molecule has 0 aromatic carbocycles. The number of aliphatic hydroxyl groups is 5. The van der Waals surface area contributed by atoms with Crippen molar-refractivity contribution >= 4 is 11.9 Å². The highest BCUT2D eigenvalue weighted by molar-refractivity contribution is 5.73. The van der Waals surface area contributed by atoms with Crippen LogP contribution in [0.5, 0.6) is 0 Å². The number of hydrogen-bond acceptors (Lipinski definition) is 9. The van der Waals surface area contributed by atoms with Crippen molar-refractivity contribution in [3.05, 3.63) is 0 Å². The first-order valence-corrected chi connectivity index (χ1v) is 15.4. The van der Waals surface area contributed by atoms with Crippen molar-refractivity contribution < 1.29 is 54.8 Å². The van der Waals surface area contributed by atoms with Crippen LogP contribution < -0.4 is 0 Å². The van der Waals surface area contributed by atoms with Gasteiger partial charge in [0.15, 0.2) is 12.4 Å². The Bertz CT molecular complexity index is 991. The number of carboxylic acid groups (broad SMARTS) is 2. The lowest BCUT2D eigenvalue weighted by Gasteiger charge is -2.64. The lowest BCUT2D eigenvalue weighted by Crippen LogP contribution is -2.67. The molecule has 0 unspecified atom stereocenters. The van der Waals surface area contributed by atoms with Crippen LogP contribution in [0.2, 0.25) is 0 Å². The fourth-order valence-corrected chi connectivity index (χ4v) is 10.2. The number of carbonyl (C=O) groups is 2. The van der Waals surface area contributed by atoms with Crippen molar-refractivity contribution in [2.45, 2.75) is 128 Å². The first-order valence-electron chi connectivity index (χ1n) is 15.4. The van der Waals surface area contributed by atoms with E-state index in [1.54, 1.807) is 0 Å². The second-order valence-corrected chi connectivity index (χ2v) is 14.3. The molecule has 11 nitrogen and oxygen atoms in total. The van der Waals surface area contributed by atoms with E-state index in [1.807, 2.05) is 0 Å². The zero-order valence-electron chi connectivity index (χ0n) is 24.2. The van der Waals surface area contributed by atoms with Gasteiger partial charge in [-0.25, -0.2) is 4.79 Å². The van der Waals surface area contributed by atoms with Crippen LogP contribution in [0.4, 0.5) is 0 Å². The number of hydrogen-bond donors (Lipinski definition) is 7. The largest absolute Gasteiger partial charge is 0.481 e. The lowest BCUT2D eigenvalue weighted by molar-refractivity contribution is -0.335. The van der Waals surface area contributed by atoms with Crippen molar-refractivity contribution in [1.82, 2.24) is 0 Å². The van der Waals surface area contributed by atoms with Crippen LogP contribution in [0.25, 0.3) is 0 Å². The Labute approximate surface area is 240 Å². The second-order valence-electron chi connectivity index (χ2n) is 14.3. The molecule has 16 atom stereocenters. The van der Waals surface area contributed by atoms with E-state index in [4.69, 9.17) is 9.47 Å². The molecular formula is C30H48O11. The Kier molecular flexibility index (Phi) is 8.57. The fraction of sp³-hybridized carbons (Fsp3) is 0.933. The Morgan fingerprint density at radius 3 is 2.17 bits per heavy atom. The van der Waals surface area contributed by atoms with E-state index < -0.39 is 61.0 Å². The van der Waals surface area contributed by atoms with Crippen LogP contribution in [-0.4, -0.2) is 96.7 Å². The van der Waals surface area contributed by atoms with Crippen molar-refractivity contribution in [3.63, 3.8) is 0 Å². The summed E-state index contributed by atoms with van der Waals surface area (Å²) in [4.78, 5) is 23.0. The minimum atomic E-state index is -1.85. The smallest absolute Gasteiger partial charge is 0.335 e. The normalized spacial score (nSPS) is 52.1.